The molecule has 152 valence electrons. The maximum Gasteiger partial charge on any atom is 0.267 e. The van der Waals surface area contributed by atoms with Gasteiger partial charge in [0.1, 0.15) is 5.82 Å². The average molecular weight is 455 g/mol. The molecule has 0 aliphatic carbocycles. The molecule has 4 rings (SSSR count). The summed E-state index contributed by atoms with van der Waals surface area (Å²) < 4.78 is 40.4. The highest BCUT2D eigenvalue weighted by Crippen LogP contribution is 2.41. The van der Waals surface area contributed by atoms with Gasteiger partial charge in [0.25, 0.3) is 5.91 Å². The Bertz CT molecular complexity index is 1110. The summed E-state index contributed by atoms with van der Waals surface area (Å²) in [5, 5.41) is 0.660. The van der Waals surface area contributed by atoms with Gasteiger partial charge in [-0.1, -0.05) is 23.2 Å². The van der Waals surface area contributed by atoms with Gasteiger partial charge in [0.2, 0.25) is 9.84 Å². The molecule has 0 aromatic heterocycles. The lowest BCUT2D eigenvalue weighted by molar-refractivity contribution is -0.127. The number of hydrogen-bond acceptors (Lipinski definition) is 4. The highest BCUT2D eigenvalue weighted by molar-refractivity contribution is 7.96. The molecular weight excluding hydrogens is 438 g/mol. The zero-order chi connectivity index (χ0) is 20.8. The fraction of sp³-hybridized carbons (Fsp3) is 0.250. The molecule has 1 fully saturated rings. The zero-order valence-corrected chi connectivity index (χ0v) is 17.6. The Morgan fingerprint density at radius 1 is 0.966 bits per heavy atom. The molecular formula is C20H17Cl2FN2O3S. The van der Waals surface area contributed by atoms with Crippen molar-refractivity contribution in [2.75, 3.05) is 18.0 Å². The molecule has 9 heteroatoms. The number of fused-ring (bicyclic) bond motifs is 1. The van der Waals surface area contributed by atoms with Crippen LogP contribution in [0.5, 0.6) is 0 Å². The largest absolute Gasteiger partial charge is 0.338 e. The van der Waals surface area contributed by atoms with Crippen LogP contribution in [0.3, 0.4) is 0 Å². The van der Waals surface area contributed by atoms with E-state index in [2.05, 4.69) is 0 Å². The molecule has 5 nitrogen and oxygen atoms in total. The maximum atomic E-state index is 14.0. The Kier molecular flexibility index (Phi) is 5.31. The minimum atomic E-state index is -4.11. The number of carbonyl (C=O) groups excluding carboxylic acids is 1. The summed E-state index contributed by atoms with van der Waals surface area (Å²) >= 11 is 12.2. The molecule has 2 aromatic rings. The summed E-state index contributed by atoms with van der Waals surface area (Å²) in [5.74, 6) is -1.16. The van der Waals surface area contributed by atoms with E-state index < -0.39 is 21.6 Å². The fourth-order valence-corrected chi connectivity index (χ4v) is 5.63. The summed E-state index contributed by atoms with van der Waals surface area (Å²) in [4.78, 5) is 15.6. The van der Waals surface area contributed by atoms with Crippen LogP contribution < -0.4 is 4.90 Å². The smallest absolute Gasteiger partial charge is 0.267 e. The molecule has 0 N–H and O–H groups in total. The average Bonchev–Trinajstić information content (AvgIpc) is 2.67. The number of sulfone groups is 1. The first-order valence-corrected chi connectivity index (χ1v) is 11.3. The van der Waals surface area contributed by atoms with Crippen molar-refractivity contribution in [3.8, 4) is 0 Å². The Labute approximate surface area is 178 Å². The van der Waals surface area contributed by atoms with Crippen LogP contribution in [0.2, 0.25) is 10.0 Å². The Balaban J connectivity index is 1.90. The first kappa shape index (κ1) is 20.2. The molecule has 1 saturated heterocycles. The van der Waals surface area contributed by atoms with Gasteiger partial charge < -0.3 is 9.80 Å². The normalized spacial score (nSPS) is 18.2. The highest BCUT2D eigenvalue weighted by atomic mass is 35.5. The Morgan fingerprint density at radius 3 is 2.28 bits per heavy atom. The van der Waals surface area contributed by atoms with Gasteiger partial charge in [0.05, 0.1) is 10.6 Å². The van der Waals surface area contributed by atoms with Crippen LogP contribution in [-0.4, -0.2) is 32.3 Å². The number of nitrogens with zero attached hydrogens (tertiary/aromatic N) is 2. The minimum absolute atomic E-state index is 0.0959. The Morgan fingerprint density at radius 2 is 1.62 bits per heavy atom. The van der Waals surface area contributed by atoms with E-state index in [-0.39, 0.29) is 15.5 Å². The van der Waals surface area contributed by atoms with Crippen molar-refractivity contribution in [3.63, 3.8) is 0 Å². The quantitative estimate of drug-likeness (QED) is 0.604. The summed E-state index contributed by atoms with van der Waals surface area (Å²) in [6.07, 6.45) is 3.89. The van der Waals surface area contributed by atoms with E-state index in [1.165, 1.54) is 23.2 Å². The number of rotatable bonds is 2. The molecule has 2 aliphatic rings. The molecule has 0 spiro atoms. The molecule has 0 radical (unpaired) electrons. The van der Waals surface area contributed by atoms with Gasteiger partial charge in [-0.25, -0.2) is 12.8 Å². The van der Waals surface area contributed by atoms with Gasteiger partial charge in [-0.05, 0) is 55.7 Å². The number of benzene rings is 2. The van der Waals surface area contributed by atoms with E-state index >= 15 is 0 Å². The lowest BCUT2D eigenvalue weighted by Gasteiger charge is -2.32. The molecule has 2 heterocycles. The van der Waals surface area contributed by atoms with Crippen LogP contribution in [0.4, 0.5) is 15.8 Å². The van der Waals surface area contributed by atoms with Crippen molar-refractivity contribution in [2.24, 2.45) is 0 Å². The number of piperidine rings is 1. The van der Waals surface area contributed by atoms with Crippen LogP contribution in [0.15, 0.2) is 52.4 Å². The molecule has 0 atom stereocenters. The molecule has 2 aromatic carbocycles. The van der Waals surface area contributed by atoms with E-state index in [1.807, 2.05) is 0 Å². The standard InChI is InChI=1S/C20H17Cl2FN2O3S/c21-13-8-14(22)10-16(9-13)25-12-19(20(26)24-6-2-1-3-7-24)29(27,28)18-5-4-15(23)11-17(18)25/h4-5,8-12H,1-3,6-7H2. The number of carbonyl (C=O) groups is 1. The number of halogens is 3. The molecule has 0 saturated carbocycles. The predicted molar refractivity (Wildman–Crippen MR) is 111 cm³/mol. The van der Waals surface area contributed by atoms with Crippen molar-refractivity contribution in [2.45, 2.75) is 24.2 Å². The second-order valence-electron chi connectivity index (χ2n) is 6.96. The van der Waals surface area contributed by atoms with Crippen molar-refractivity contribution in [1.82, 2.24) is 4.90 Å². The van der Waals surface area contributed by atoms with E-state index in [0.717, 1.165) is 31.4 Å². The SMILES string of the molecule is O=C(C1=CN(c2cc(Cl)cc(Cl)c2)c2cc(F)ccc2S1(=O)=O)N1CCCCC1. The topological polar surface area (TPSA) is 57.7 Å². The van der Waals surface area contributed by atoms with Crippen molar-refractivity contribution >= 4 is 50.3 Å². The third-order valence-corrected chi connectivity index (χ3v) is 7.21. The third-order valence-electron chi connectivity index (χ3n) is 4.99. The number of likely N-dealkylation sites (tertiary alicyclic amines) is 1. The van der Waals surface area contributed by atoms with Crippen molar-refractivity contribution in [3.05, 3.63) is 63.4 Å². The summed E-state index contributed by atoms with van der Waals surface area (Å²) in [7, 11) is -4.11. The third kappa shape index (κ3) is 3.74. The van der Waals surface area contributed by atoms with Crippen molar-refractivity contribution in [1.29, 1.82) is 0 Å². The minimum Gasteiger partial charge on any atom is -0.338 e. The van der Waals surface area contributed by atoms with Crippen LogP contribution in [0.25, 0.3) is 0 Å². The molecule has 0 unspecified atom stereocenters. The Hall–Kier alpha value is -2.09. The summed E-state index contributed by atoms with van der Waals surface area (Å²) in [6.45, 7) is 1.01. The molecule has 2 aliphatic heterocycles. The summed E-state index contributed by atoms with van der Waals surface area (Å²) in [5.41, 5.74) is 0.520. The van der Waals surface area contributed by atoms with Crippen molar-refractivity contribution < 1.29 is 17.6 Å². The van der Waals surface area contributed by atoms with Gasteiger partial charge in [0, 0.05) is 35.0 Å². The van der Waals surface area contributed by atoms with E-state index in [9.17, 15) is 17.6 Å². The molecule has 29 heavy (non-hydrogen) atoms. The zero-order valence-electron chi connectivity index (χ0n) is 15.2. The van der Waals surface area contributed by atoms with Gasteiger partial charge in [-0.3, -0.25) is 4.79 Å². The van der Waals surface area contributed by atoms with E-state index in [4.69, 9.17) is 23.2 Å². The lowest BCUT2D eigenvalue weighted by atomic mass is 10.1. The van der Waals surface area contributed by atoms with Gasteiger partial charge in [-0.2, -0.15) is 0 Å². The second-order valence-corrected chi connectivity index (χ2v) is 9.72. The van der Waals surface area contributed by atoms with Crippen LogP contribution in [0, 0.1) is 5.82 Å². The van der Waals surface area contributed by atoms with Crippen LogP contribution >= 0.6 is 23.2 Å². The second kappa shape index (κ2) is 7.63. The lowest BCUT2D eigenvalue weighted by Crippen LogP contribution is -2.39. The predicted octanol–water partition coefficient (Wildman–Crippen LogP) is 4.91. The molecule has 0 bridgehead atoms. The highest BCUT2D eigenvalue weighted by Gasteiger charge is 2.38. The number of hydrogen-bond donors (Lipinski definition) is 0. The van der Waals surface area contributed by atoms with Gasteiger partial charge in [-0.15, -0.1) is 0 Å². The molecule has 1 amide bonds. The summed E-state index contributed by atoms with van der Waals surface area (Å²) in [6, 6.07) is 8.02. The monoisotopic (exact) mass is 454 g/mol. The first-order chi connectivity index (χ1) is 13.8. The first-order valence-electron chi connectivity index (χ1n) is 9.08. The maximum absolute atomic E-state index is 14.0. The van der Waals surface area contributed by atoms with Crippen LogP contribution in [-0.2, 0) is 14.6 Å². The van der Waals surface area contributed by atoms with Gasteiger partial charge in [0.15, 0.2) is 4.91 Å². The van der Waals surface area contributed by atoms with Gasteiger partial charge >= 0.3 is 0 Å². The van der Waals surface area contributed by atoms with E-state index in [1.54, 1.807) is 17.0 Å². The van der Waals surface area contributed by atoms with E-state index in [0.29, 0.717) is 28.8 Å². The fourth-order valence-electron chi connectivity index (χ4n) is 3.60. The van der Waals surface area contributed by atoms with Crippen LogP contribution in [0.1, 0.15) is 19.3 Å². The number of anilines is 2. The number of amides is 1.